The standard InChI is InChI=1S/C20H38O8P2/c1-15(10-14-27-30(25,26)28-29(22,23)24)7-8-17-19(4)12-6-11-18(2,3)16(19)9-13-20(17,5)21/h10,16-17,21H,6-9,11-14H2,1-5H3,(H,25,26)(H2,22,23,24)/t16-,17-,19-,20+/m0/s1. The van der Waals surface area contributed by atoms with Crippen molar-refractivity contribution in [2.24, 2.45) is 22.7 Å². The Morgan fingerprint density at radius 3 is 2.33 bits per heavy atom. The predicted octanol–water partition coefficient (Wildman–Crippen LogP) is 4.93. The lowest BCUT2D eigenvalue weighted by Gasteiger charge is -2.61. The van der Waals surface area contributed by atoms with E-state index < -0.39 is 21.2 Å². The third kappa shape index (κ3) is 6.49. The van der Waals surface area contributed by atoms with Crippen LogP contribution in [0.4, 0.5) is 0 Å². The molecule has 0 aromatic heterocycles. The fourth-order valence-corrected chi connectivity index (χ4v) is 7.70. The second-order valence-corrected chi connectivity index (χ2v) is 13.1. The van der Waals surface area contributed by atoms with Gasteiger partial charge in [-0.2, -0.15) is 4.31 Å². The van der Waals surface area contributed by atoms with Crippen LogP contribution in [0.2, 0.25) is 0 Å². The summed E-state index contributed by atoms with van der Waals surface area (Å²) in [4.78, 5) is 26.6. The van der Waals surface area contributed by atoms with Gasteiger partial charge in [0.05, 0.1) is 12.2 Å². The van der Waals surface area contributed by atoms with E-state index in [-0.39, 0.29) is 23.4 Å². The molecule has 5 atom stereocenters. The van der Waals surface area contributed by atoms with E-state index in [2.05, 4.69) is 29.6 Å². The molecule has 0 aromatic carbocycles. The van der Waals surface area contributed by atoms with Crippen molar-refractivity contribution >= 4 is 15.6 Å². The fourth-order valence-electron chi connectivity index (χ4n) is 6.17. The van der Waals surface area contributed by atoms with Gasteiger partial charge in [-0.15, -0.1) is 0 Å². The number of phosphoric ester groups is 1. The molecule has 0 bridgehead atoms. The lowest BCUT2D eigenvalue weighted by molar-refractivity contribution is -0.168. The maximum atomic E-state index is 11.5. The van der Waals surface area contributed by atoms with Gasteiger partial charge in [-0.1, -0.05) is 38.8 Å². The summed E-state index contributed by atoms with van der Waals surface area (Å²) < 4.78 is 30.6. The molecule has 176 valence electrons. The molecule has 2 aliphatic carbocycles. The largest absolute Gasteiger partial charge is 0.481 e. The molecule has 0 aliphatic heterocycles. The Hall–Kier alpha value is -0.0400. The highest BCUT2D eigenvalue weighted by Crippen LogP contribution is 2.63. The average molecular weight is 468 g/mol. The van der Waals surface area contributed by atoms with Gasteiger partial charge in [-0.3, -0.25) is 4.52 Å². The molecule has 2 fully saturated rings. The first-order chi connectivity index (χ1) is 13.5. The van der Waals surface area contributed by atoms with Crippen molar-refractivity contribution < 1.29 is 37.8 Å². The summed E-state index contributed by atoms with van der Waals surface area (Å²) in [5.74, 6) is 0.719. The topological polar surface area (TPSA) is 134 Å². The molecule has 1 unspecified atom stereocenters. The second kappa shape index (κ2) is 9.07. The van der Waals surface area contributed by atoms with Crippen LogP contribution in [0.25, 0.3) is 0 Å². The molecule has 2 saturated carbocycles. The molecule has 0 heterocycles. The van der Waals surface area contributed by atoms with Crippen LogP contribution < -0.4 is 0 Å². The smallest absolute Gasteiger partial charge is 0.390 e. The summed E-state index contributed by atoms with van der Waals surface area (Å²) in [5, 5.41) is 11.2. The number of rotatable bonds is 8. The van der Waals surface area contributed by atoms with Crippen molar-refractivity contribution in [2.45, 2.75) is 85.2 Å². The van der Waals surface area contributed by atoms with Gasteiger partial charge in [0.1, 0.15) is 0 Å². The van der Waals surface area contributed by atoms with Crippen molar-refractivity contribution in [2.75, 3.05) is 6.61 Å². The number of allylic oxidation sites excluding steroid dienone is 1. The van der Waals surface area contributed by atoms with Crippen LogP contribution in [0.1, 0.15) is 79.6 Å². The van der Waals surface area contributed by atoms with Gasteiger partial charge in [0.2, 0.25) is 0 Å². The number of fused-ring (bicyclic) bond motifs is 1. The summed E-state index contributed by atoms with van der Waals surface area (Å²) in [7, 11) is -9.94. The quantitative estimate of drug-likeness (QED) is 0.291. The van der Waals surface area contributed by atoms with Gasteiger partial charge in [0, 0.05) is 0 Å². The van der Waals surface area contributed by atoms with Crippen LogP contribution in [0.15, 0.2) is 11.6 Å². The third-order valence-corrected chi connectivity index (χ3v) is 9.62. The highest BCUT2D eigenvalue weighted by Gasteiger charge is 2.57. The molecule has 4 N–H and O–H groups in total. The van der Waals surface area contributed by atoms with Gasteiger partial charge >= 0.3 is 15.6 Å². The highest BCUT2D eigenvalue weighted by molar-refractivity contribution is 7.60. The lowest BCUT2D eigenvalue weighted by atomic mass is 9.45. The third-order valence-electron chi connectivity index (χ3n) is 7.47. The van der Waals surface area contributed by atoms with Crippen molar-refractivity contribution in [3.63, 3.8) is 0 Å². The number of hydrogen-bond donors (Lipinski definition) is 4. The van der Waals surface area contributed by atoms with Crippen molar-refractivity contribution in [1.29, 1.82) is 0 Å². The summed E-state index contributed by atoms with van der Waals surface area (Å²) in [5.41, 5.74) is 0.524. The normalized spacial score (nSPS) is 36.8. The monoisotopic (exact) mass is 468 g/mol. The molecule has 8 nitrogen and oxygen atoms in total. The van der Waals surface area contributed by atoms with Gasteiger partial charge in [-0.05, 0) is 75.0 Å². The van der Waals surface area contributed by atoms with Crippen molar-refractivity contribution in [3.05, 3.63) is 11.6 Å². The van der Waals surface area contributed by atoms with Gasteiger partial charge in [-0.25, -0.2) is 9.13 Å². The molecule has 2 rings (SSSR count). The molecular formula is C20H38O8P2. The summed E-state index contributed by atoms with van der Waals surface area (Å²) >= 11 is 0. The van der Waals surface area contributed by atoms with E-state index in [4.69, 9.17) is 9.79 Å². The Labute approximate surface area is 179 Å². The van der Waals surface area contributed by atoms with E-state index in [9.17, 15) is 19.1 Å². The Kier molecular flexibility index (Phi) is 7.93. The van der Waals surface area contributed by atoms with Gasteiger partial charge in [0.15, 0.2) is 0 Å². The zero-order chi connectivity index (χ0) is 23.0. The number of phosphoric acid groups is 2. The lowest BCUT2D eigenvalue weighted by Crippen LogP contribution is -2.57. The summed E-state index contributed by atoms with van der Waals surface area (Å²) in [6, 6.07) is 0. The number of hydrogen-bond acceptors (Lipinski definition) is 5. The maximum Gasteiger partial charge on any atom is 0.481 e. The first kappa shape index (κ1) is 26.2. The van der Waals surface area contributed by atoms with Crippen molar-refractivity contribution in [1.82, 2.24) is 0 Å². The van der Waals surface area contributed by atoms with E-state index in [0.29, 0.717) is 12.3 Å². The van der Waals surface area contributed by atoms with E-state index >= 15 is 0 Å². The van der Waals surface area contributed by atoms with E-state index in [0.717, 1.165) is 31.3 Å². The first-order valence-corrected chi connectivity index (χ1v) is 13.6. The second-order valence-electron chi connectivity index (χ2n) is 10.3. The summed E-state index contributed by atoms with van der Waals surface area (Å²) in [6.07, 6.45) is 8.43. The molecule has 0 spiro atoms. The van der Waals surface area contributed by atoms with Crippen LogP contribution in [0.5, 0.6) is 0 Å². The Morgan fingerprint density at radius 2 is 1.73 bits per heavy atom. The maximum absolute atomic E-state index is 11.5. The molecular weight excluding hydrogens is 430 g/mol. The first-order valence-electron chi connectivity index (χ1n) is 10.6. The zero-order valence-electron chi connectivity index (χ0n) is 18.7. The molecule has 0 amide bonds. The van der Waals surface area contributed by atoms with E-state index in [1.807, 2.05) is 13.8 Å². The predicted molar refractivity (Wildman–Crippen MR) is 114 cm³/mol. The molecule has 0 radical (unpaired) electrons. The summed E-state index contributed by atoms with van der Waals surface area (Å²) in [6.45, 7) is 10.6. The molecule has 2 aliphatic rings. The molecule has 0 aromatic rings. The fraction of sp³-hybridized carbons (Fsp3) is 0.900. The van der Waals surface area contributed by atoms with E-state index in [1.165, 1.54) is 12.8 Å². The minimum absolute atomic E-state index is 0.0678. The van der Waals surface area contributed by atoms with Crippen LogP contribution in [0, 0.1) is 22.7 Å². The van der Waals surface area contributed by atoms with Crippen molar-refractivity contribution in [3.8, 4) is 0 Å². The molecule has 0 saturated heterocycles. The Bertz CT molecular complexity index is 741. The highest BCUT2D eigenvalue weighted by atomic mass is 31.3. The van der Waals surface area contributed by atoms with Crippen LogP contribution in [-0.2, 0) is 18.0 Å². The Balaban J connectivity index is 2.02. The zero-order valence-corrected chi connectivity index (χ0v) is 20.5. The minimum atomic E-state index is -5.12. The molecule has 30 heavy (non-hydrogen) atoms. The van der Waals surface area contributed by atoms with Gasteiger partial charge in [0.25, 0.3) is 0 Å². The number of aliphatic hydroxyl groups is 1. The van der Waals surface area contributed by atoms with E-state index in [1.54, 1.807) is 6.08 Å². The van der Waals surface area contributed by atoms with Crippen LogP contribution in [0.3, 0.4) is 0 Å². The SMILES string of the molecule is CC(=CCOP(=O)(O)OP(=O)(O)O)CC[C@H]1[C@@]2(C)CCCC(C)(C)[C@@H]2CC[C@@]1(C)O. The molecule has 10 heteroatoms. The van der Waals surface area contributed by atoms with Crippen LogP contribution in [-0.4, -0.2) is 32.0 Å². The Morgan fingerprint density at radius 1 is 1.10 bits per heavy atom. The van der Waals surface area contributed by atoms with Gasteiger partial charge < -0.3 is 19.8 Å². The minimum Gasteiger partial charge on any atom is -0.390 e. The van der Waals surface area contributed by atoms with Crippen LogP contribution >= 0.6 is 15.6 Å². The average Bonchev–Trinajstić information content (AvgIpc) is 2.50.